The molecule has 1 aromatic rings. The van der Waals surface area contributed by atoms with Crippen molar-refractivity contribution >= 4 is 33.2 Å². The second kappa shape index (κ2) is 4.96. The van der Waals surface area contributed by atoms with E-state index in [1.54, 1.807) is 0 Å². The summed E-state index contributed by atoms with van der Waals surface area (Å²) in [6.07, 6.45) is 4.99. The second-order valence-corrected chi connectivity index (χ2v) is 7.26. The molecule has 0 saturated heterocycles. The van der Waals surface area contributed by atoms with Crippen LogP contribution in [0.3, 0.4) is 0 Å². The van der Waals surface area contributed by atoms with Gasteiger partial charge in [0.15, 0.2) is 0 Å². The van der Waals surface area contributed by atoms with Crippen molar-refractivity contribution in [3.8, 4) is 0 Å². The molecule has 1 aliphatic rings. The summed E-state index contributed by atoms with van der Waals surface area (Å²) >= 11 is 11.5. The molecule has 1 heterocycles. The first-order valence-electron chi connectivity index (χ1n) is 5.67. The average molecular weight is 309 g/mol. The van der Waals surface area contributed by atoms with Gasteiger partial charge in [-0.3, -0.25) is 0 Å². The summed E-state index contributed by atoms with van der Waals surface area (Å²) in [6.45, 7) is 1.92. The number of nitrogens with one attached hydrogen (secondary N) is 1. The SMILES string of the molecule is CC1(NS(=O)(=O)c2cnc(Cl)c(Cl)c2)CCCC1. The fourth-order valence-electron chi connectivity index (χ4n) is 2.19. The molecule has 0 aliphatic heterocycles. The number of hydrogen-bond acceptors (Lipinski definition) is 3. The number of sulfonamides is 1. The Labute approximate surface area is 117 Å². The van der Waals surface area contributed by atoms with Gasteiger partial charge in [-0.05, 0) is 25.8 Å². The number of pyridine rings is 1. The number of halogens is 2. The Morgan fingerprint density at radius 3 is 2.50 bits per heavy atom. The van der Waals surface area contributed by atoms with Gasteiger partial charge in [0, 0.05) is 11.7 Å². The van der Waals surface area contributed by atoms with Gasteiger partial charge in [-0.2, -0.15) is 0 Å². The number of hydrogen-bond donors (Lipinski definition) is 1. The standard InChI is InChI=1S/C11H14Cl2N2O2S/c1-11(4-2-3-5-11)15-18(16,17)8-6-9(12)10(13)14-7-8/h6-7,15H,2-5H2,1H3. The Balaban J connectivity index is 2.27. The van der Waals surface area contributed by atoms with Crippen molar-refractivity contribution < 1.29 is 8.42 Å². The molecular weight excluding hydrogens is 295 g/mol. The highest BCUT2D eigenvalue weighted by molar-refractivity contribution is 7.89. The summed E-state index contributed by atoms with van der Waals surface area (Å²) < 4.78 is 27.1. The normalized spacial score (nSPS) is 19.1. The number of nitrogens with zero attached hydrogens (tertiary/aromatic N) is 1. The van der Waals surface area contributed by atoms with E-state index in [-0.39, 0.29) is 20.6 Å². The van der Waals surface area contributed by atoms with Crippen molar-refractivity contribution in [3.63, 3.8) is 0 Å². The highest BCUT2D eigenvalue weighted by atomic mass is 35.5. The predicted octanol–water partition coefficient (Wildman–Crippen LogP) is 3.00. The Morgan fingerprint density at radius 2 is 1.94 bits per heavy atom. The first-order chi connectivity index (χ1) is 8.32. The van der Waals surface area contributed by atoms with Crippen LogP contribution in [0.5, 0.6) is 0 Å². The summed E-state index contributed by atoms with van der Waals surface area (Å²) in [7, 11) is -3.60. The molecule has 1 N–H and O–H groups in total. The lowest BCUT2D eigenvalue weighted by molar-refractivity contribution is 0.427. The smallest absolute Gasteiger partial charge is 0.242 e. The maximum atomic E-state index is 12.2. The van der Waals surface area contributed by atoms with Crippen LogP contribution in [0.4, 0.5) is 0 Å². The minimum atomic E-state index is -3.60. The van der Waals surface area contributed by atoms with Crippen molar-refractivity contribution in [3.05, 3.63) is 22.4 Å². The number of aromatic nitrogens is 1. The molecule has 4 nitrogen and oxygen atoms in total. The van der Waals surface area contributed by atoms with Gasteiger partial charge < -0.3 is 0 Å². The summed E-state index contributed by atoms with van der Waals surface area (Å²) in [5.74, 6) is 0. The van der Waals surface area contributed by atoms with Gasteiger partial charge in [0.2, 0.25) is 10.0 Å². The van der Waals surface area contributed by atoms with E-state index in [0.717, 1.165) is 25.7 Å². The van der Waals surface area contributed by atoms with Crippen molar-refractivity contribution in [2.45, 2.75) is 43.0 Å². The first kappa shape index (κ1) is 14.1. The van der Waals surface area contributed by atoms with Gasteiger partial charge in [-0.25, -0.2) is 18.1 Å². The Hall–Kier alpha value is -0.360. The van der Waals surface area contributed by atoms with Crippen LogP contribution in [0.15, 0.2) is 17.2 Å². The van der Waals surface area contributed by atoms with Crippen molar-refractivity contribution in [1.29, 1.82) is 0 Å². The van der Waals surface area contributed by atoms with Crippen LogP contribution in [0.2, 0.25) is 10.2 Å². The lowest BCUT2D eigenvalue weighted by Gasteiger charge is -2.24. The summed E-state index contributed by atoms with van der Waals surface area (Å²) in [4.78, 5) is 3.80. The van der Waals surface area contributed by atoms with Gasteiger partial charge in [0.25, 0.3) is 0 Å². The minimum Gasteiger partial charge on any atom is -0.242 e. The molecule has 0 aromatic carbocycles. The Morgan fingerprint density at radius 1 is 1.33 bits per heavy atom. The molecule has 1 saturated carbocycles. The summed E-state index contributed by atoms with van der Waals surface area (Å²) in [5.41, 5.74) is -0.370. The van der Waals surface area contributed by atoms with Crippen LogP contribution in [-0.4, -0.2) is 18.9 Å². The van der Waals surface area contributed by atoms with Crippen LogP contribution >= 0.6 is 23.2 Å². The molecule has 7 heteroatoms. The third-order valence-corrected chi connectivity index (χ3v) is 5.46. The zero-order valence-corrected chi connectivity index (χ0v) is 12.2. The molecule has 0 unspecified atom stereocenters. The van der Waals surface area contributed by atoms with Gasteiger partial charge in [-0.15, -0.1) is 0 Å². The van der Waals surface area contributed by atoms with E-state index in [2.05, 4.69) is 9.71 Å². The molecule has 0 amide bonds. The molecule has 100 valence electrons. The zero-order valence-electron chi connectivity index (χ0n) is 9.91. The van der Waals surface area contributed by atoms with Gasteiger partial charge >= 0.3 is 0 Å². The quantitative estimate of drug-likeness (QED) is 0.873. The first-order valence-corrected chi connectivity index (χ1v) is 7.91. The fraction of sp³-hybridized carbons (Fsp3) is 0.545. The van der Waals surface area contributed by atoms with Gasteiger partial charge in [0.05, 0.1) is 5.02 Å². The molecule has 0 radical (unpaired) electrons. The van der Waals surface area contributed by atoms with Crippen LogP contribution in [0, 0.1) is 0 Å². The van der Waals surface area contributed by atoms with E-state index in [1.807, 2.05) is 6.92 Å². The van der Waals surface area contributed by atoms with Gasteiger partial charge in [0.1, 0.15) is 10.0 Å². The molecule has 2 rings (SSSR count). The Bertz CT molecular complexity index is 554. The van der Waals surface area contributed by atoms with E-state index in [0.29, 0.717) is 0 Å². The van der Waals surface area contributed by atoms with E-state index in [9.17, 15) is 8.42 Å². The maximum Gasteiger partial charge on any atom is 0.242 e. The van der Waals surface area contributed by atoms with E-state index in [1.165, 1.54) is 12.3 Å². The predicted molar refractivity (Wildman–Crippen MR) is 71.5 cm³/mol. The fourth-order valence-corrected chi connectivity index (χ4v) is 3.96. The summed E-state index contributed by atoms with van der Waals surface area (Å²) in [5, 5.41) is 0.235. The molecular formula is C11H14Cl2N2O2S. The summed E-state index contributed by atoms with van der Waals surface area (Å²) in [6, 6.07) is 1.32. The van der Waals surface area contributed by atoms with Gasteiger partial charge in [-0.1, -0.05) is 36.0 Å². The highest BCUT2D eigenvalue weighted by Gasteiger charge is 2.33. The average Bonchev–Trinajstić information content (AvgIpc) is 2.67. The van der Waals surface area contributed by atoms with Crippen LogP contribution in [-0.2, 0) is 10.0 Å². The van der Waals surface area contributed by atoms with E-state index < -0.39 is 10.0 Å². The van der Waals surface area contributed by atoms with Crippen molar-refractivity contribution in [2.75, 3.05) is 0 Å². The minimum absolute atomic E-state index is 0.0463. The molecule has 1 aliphatic carbocycles. The Kier molecular flexibility index (Phi) is 3.88. The topological polar surface area (TPSA) is 59.1 Å². The lowest BCUT2D eigenvalue weighted by Crippen LogP contribution is -2.43. The van der Waals surface area contributed by atoms with E-state index in [4.69, 9.17) is 23.2 Å². The number of rotatable bonds is 3. The molecule has 0 spiro atoms. The van der Waals surface area contributed by atoms with E-state index >= 15 is 0 Å². The highest BCUT2D eigenvalue weighted by Crippen LogP contribution is 2.31. The maximum absolute atomic E-state index is 12.2. The lowest BCUT2D eigenvalue weighted by atomic mass is 10.0. The zero-order chi connectivity index (χ0) is 13.4. The monoisotopic (exact) mass is 308 g/mol. The molecule has 1 fully saturated rings. The molecule has 18 heavy (non-hydrogen) atoms. The largest absolute Gasteiger partial charge is 0.242 e. The third kappa shape index (κ3) is 2.96. The van der Waals surface area contributed by atoms with Crippen molar-refractivity contribution in [2.24, 2.45) is 0 Å². The van der Waals surface area contributed by atoms with Crippen LogP contribution < -0.4 is 4.72 Å². The van der Waals surface area contributed by atoms with Crippen LogP contribution in [0.25, 0.3) is 0 Å². The van der Waals surface area contributed by atoms with Crippen molar-refractivity contribution in [1.82, 2.24) is 9.71 Å². The molecule has 0 bridgehead atoms. The second-order valence-electron chi connectivity index (χ2n) is 4.82. The molecule has 0 atom stereocenters. The molecule has 1 aromatic heterocycles. The van der Waals surface area contributed by atoms with Crippen LogP contribution in [0.1, 0.15) is 32.6 Å². The third-order valence-electron chi connectivity index (χ3n) is 3.17.